The summed E-state index contributed by atoms with van der Waals surface area (Å²) < 4.78 is 28.6. The topological polar surface area (TPSA) is 82.6 Å². The highest BCUT2D eigenvalue weighted by atomic mass is 32.2. The van der Waals surface area contributed by atoms with Crippen molar-refractivity contribution in [2.75, 3.05) is 35.8 Å². The van der Waals surface area contributed by atoms with E-state index in [4.69, 9.17) is 0 Å². The van der Waals surface area contributed by atoms with Crippen LogP contribution in [0, 0.1) is 6.92 Å². The minimum absolute atomic E-state index is 0.0541. The summed E-state index contributed by atoms with van der Waals surface area (Å²) in [5.74, 6) is -0.0541. The average Bonchev–Trinajstić information content (AvgIpc) is 2.88. The molecular formula is C27H26N4O3S. The molecule has 0 bridgehead atoms. The monoisotopic (exact) mass is 486 g/mol. The first-order valence-electron chi connectivity index (χ1n) is 11.5. The van der Waals surface area contributed by atoms with Gasteiger partial charge >= 0.3 is 0 Å². The third-order valence-electron chi connectivity index (χ3n) is 6.20. The van der Waals surface area contributed by atoms with Gasteiger partial charge in [0.25, 0.3) is 15.9 Å². The van der Waals surface area contributed by atoms with Crippen molar-refractivity contribution in [3.05, 3.63) is 96.2 Å². The summed E-state index contributed by atoms with van der Waals surface area (Å²) in [5, 5.41) is 0.749. The Hall–Kier alpha value is -3.91. The molecule has 1 aromatic heterocycles. The third kappa shape index (κ3) is 4.83. The normalized spacial score (nSPS) is 14.2. The highest BCUT2D eigenvalue weighted by molar-refractivity contribution is 7.93. The summed E-state index contributed by atoms with van der Waals surface area (Å²) in [6, 6.07) is 23.6. The van der Waals surface area contributed by atoms with E-state index in [1.807, 2.05) is 17.0 Å². The Morgan fingerprint density at radius 2 is 1.60 bits per heavy atom. The number of aryl methyl sites for hydroxylation is 1. The molecule has 0 aliphatic carbocycles. The van der Waals surface area contributed by atoms with Gasteiger partial charge in [-0.05, 0) is 61.0 Å². The quantitative estimate of drug-likeness (QED) is 0.455. The summed E-state index contributed by atoms with van der Waals surface area (Å²) in [6.07, 6.45) is 1.57. The number of carbonyl (C=O) groups is 1. The van der Waals surface area contributed by atoms with Gasteiger partial charge in [-0.2, -0.15) is 0 Å². The van der Waals surface area contributed by atoms with Crippen LogP contribution in [0.5, 0.6) is 0 Å². The first-order chi connectivity index (χ1) is 16.9. The van der Waals surface area contributed by atoms with E-state index < -0.39 is 10.0 Å². The Kier molecular flexibility index (Phi) is 6.13. The predicted molar refractivity (Wildman–Crippen MR) is 138 cm³/mol. The lowest BCUT2D eigenvalue weighted by molar-refractivity contribution is 0.0747. The Labute approximate surface area is 205 Å². The van der Waals surface area contributed by atoms with Crippen molar-refractivity contribution in [1.82, 2.24) is 9.88 Å². The van der Waals surface area contributed by atoms with Crippen LogP contribution in [0.2, 0.25) is 0 Å². The van der Waals surface area contributed by atoms with Gasteiger partial charge in [0, 0.05) is 54.7 Å². The molecule has 1 N–H and O–H groups in total. The van der Waals surface area contributed by atoms with Crippen LogP contribution in [0.3, 0.4) is 0 Å². The number of hydrogen-bond acceptors (Lipinski definition) is 5. The average molecular weight is 487 g/mol. The van der Waals surface area contributed by atoms with Crippen LogP contribution in [0.1, 0.15) is 15.9 Å². The Morgan fingerprint density at radius 1 is 0.886 bits per heavy atom. The van der Waals surface area contributed by atoms with Gasteiger partial charge < -0.3 is 9.80 Å². The SMILES string of the molecule is Cc1cccc(N2CCN(C(=O)c3ccc(NS(=O)(=O)c4cccc5cccnc45)cc3)CC2)c1. The van der Waals surface area contributed by atoms with Gasteiger partial charge in [0.2, 0.25) is 0 Å². The first kappa shape index (κ1) is 22.9. The fraction of sp³-hybridized carbons (Fsp3) is 0.185. The molecule has 0 radical (unpaired) electrons. The zero-order valence-corrected chi connectivity index (χ0v) is 20.2. The van der Waals surface area contributed by atoms with E-state index in [-0.39, 0.29) is 10.8 Å². The van der Waals surface area contributed by atoms with Crippen molar-refractivity contribution in [2.45, 2.75) is 11.8 Å². The number of para-hydroxylation sites is 1. The molecule has 0 spiro atoms. The number of rotatable bonds is 5. The van der Waals surface area contributed by atoms with Crippen molar-refractivity contribution in [1.29, 1.82) is 0 Å². The third-order valence-corrected chi connectivity index (χ3v) is 7.62. The molecule has 3 aromatic carbocycles. The van der Waals surface area contributed by atoms with Crippen LogP contribution < -0.4 is 9.62 Å². The van der Waals surface area contributed by atoms with Crippen molar-refractivity contribution < 1.29 is 13.2 Å². The minimum Gasteiger partial charge on any atom is -0.368 e. The Balaban J connectivity index is 1.25. The van der Waals surface area contributed by atoms with Gasteiger partial charge in [0.05, 0.1) is 5.52 Å². The van der Waals surface area contributed by atoms with Crippen molar-refractivity contribution >= 4 is 38.2 Å². The van der Waals surface area contributed by atoms with Gasteiger partial charge in [-0.3, -0.25) is 14.5 Å². The van der Waals surface area contributed by atoms with Gasteiger partial charge in [-0.15, -0.1) is 0 Å². The summed E-state index contributed by atoms with van der Waals surface area (Å²) >= 11 is 0. The number of pyridine rings is 1. The number of piperazine rings is 1. The number of nitrogens with one attached hydrogen (secondary N) is 1. The molecule has 1 aliphatic heterocycles. The molecule has 5 rings (SSSR count). The number of sulfonamides is 1. The van der Waals surface area contributed by atoms with Crippen LogP contribution in [0.4, 0.5) is 11.4 Å². The van der Waals surface area contributed by atoms with Crippen LogP contribution in [-0.4, -0.2) is 50.4 Å². The standard InChI is InChI=1S/C27H26N4O3S/c1-20-5-2-8-24(19-20)30-15-17-31(18-16-30)27(32)22-10-12-23(13-11-22)29-35(33,34)25-9-3-6-21-7-4-14-28-26(21)25/h2-14,19,29H,15-18H2,1H3. The summed E-state index contributed by atoms with van der Waals surface area (Å²) in [7, 11) is -3.84. The zero-order chi connectivity index (χ0) is 24.4. The van der Waals surface area contributed by atoms with Crippen LogP contribution in [-0.2, 0) is 10.0 Å². The van der Waals surface area contributed by atoms with E-state index in [0.717, 1.165) is 18.5 Å². The molecule has 1 fully saturated rings. The molecule has 35 heavy (non-hydrogen) atoms. The highest BCUT2D eigenvalue weighted by Crippen LogP contribution is 2.24. The molecule has 0 atom stereocenters. The summed E-state index contributed by atoms with van der Waals surface area (Å²) in [6.45, 7) is 4.88. The van der Waals surface area contributed by atoms with Crippen molar-refractivity contribution in [2.24, 2.45) is 0 Å². The number of fused-ring (bicyclic) bond motifs is 1. The molecule has 178 valence electrons. The zero-order valence-electron chi connectivity index (χ0n) is 19.4. The fourth-order valence-corrected chi connectivity index (χ4v) is 5.60. The van der Waals surface area contributed by atoms with Gasteiger partial charge in [-0.1, -0.05) is 30.3 Å². The summed E-state index contributed by atoms with van der Waals surface area (Å²) in [4.78, 5) is 21.5. The highest BCUT2D eigenvalue weighted by Gasteiger charge is 2.23. The molecule has 0 saturated carbocycles. The van der Waals surface area contributed by atoms with Gasteiger partial charge in [-0.25, -0.2) is 8.42 Å². The lowest BCUT2D eigenvalue weighted by Crippen LogP contribution is -2.48. The number of nitrogens with zero attached hydrogens (tertiary/aromatic N) is 3. The summed E-state index contributed by atoms with van der Waals surface area (Å²) in [5.41, 5.74) is 3.73. The number of benzene rings is 3. The molecule has 1 aliphatic rings. The largest absolute Gasteiger partial charge is 0.368 e. The van der Waals surface area contributed by atoms with Crippen LogP contribution in [0.25, 0.3) is 10.9 Å². The molecule has 8 heteroatoms. The number of anilines is 2. The molecular weight excluding hydrogens is 460 g/mol. The second-order valence-corrected chi connectivity index (χ2v) is 10.3. The molecule has 0 unspecified atom stereocenters. The van der Waals surface area contributed by atoms with Crippen molar-refractivity contribution in [3.8, 4) is 0 Å². The number of amides is 1. The van der Waals surface area contributed by atoms with E-state index in [9.17, 15) is 13.2 Å². The number of hydrogen-bond donors (Lipinski definition) is 1. The molecule has 1 amide bonds. The molecule has 1 saturated heterocycles. The van der Waals surface area contributed by atoms with Crippen molar-refractivity contribution in [3.63, 3.8) is 0 Å². The second kappa shape index (κ2) is 9.38. The minimum atomic E-state index is -3.84. The Bertz CT molecular complexity index is 1470. The van der Waals surface area contributed by atoms with E-state index in [0.29, 0.717) is 29.9 Å². The number of aromatic nitrogens is 1. The first-order valence-corrected chi connectivity index (χ1v) is 13.0. The smallest absolute Gasteiger partial charge is 0.264 e. The predicted octanol–water partition coefficient (Wildman–Crippen LogP) is 4.31. The van der Waals surface area contributed by atoms with Crippen LogP contribution in [0.15, 0.2) is 90.0 Å². The number of carbonyl (C=O) groups excluding carboxylic acids is 1. The maximum Gasteiger partial charge on any atom is 0.264 e. The van der Waals surface area contributed by atoms with E-state index >= 15 is 0 Å². The van der Waals surface area contributed by atoms with E-state index in [2.05, 4.69) is 45.8 Å². The lowest BCUT2D eigenvalue weighted by Gasteiger charge is -2.36. The van der Waals surface area contributed by atoms with Gasteiger partial charge in [0.1, 0.15) is 4.90 Å². The fourth-order valence-electron chi connectivity index (χ4n) is 4.36. The maximum absolute atomic E-state index is 13.0. The lowest BCUT2D eigenvalue weighted by atomic mass is 10.1. The van der Waals surface area contributed by atoms with Crippen LogP contribution >= 0.6 is 0 Å². The maximum atomic E-state index is 13.0. The Morgan fingerprint density at radius 3 is 2.34 bits per heavy atom. The van der Waals surface area contributed by atoms with E-state index in [1.165, 1.54) is 17.3 Å². The second-order valence-electron chi connectivity index (χ2n) is 8.63. The molecule has 2 heterocycles. The molecule has 4 aromatic rings. The molecule has 7 nitrogen and oxygen atoms in total. The van der Waals surface area contributed by atoms with E-state index in [1.54, 1.807) is 42.6 Å². The van der Waals surface area contributed by atoms with Gasteiger partial charge in [0.15, 0.2) is 0 Å².